The van der Waals surface area contributed by atoms with Crippen LogP contribution in [0.3, 0.4) is 0 Å². The van der Waals surface area contributed by atoms with Gasteiger partial charge in [0.1, 0.15) is 0 Å². The number of rotatable bonds is 5. The van der Waals surface area contributed by atoms with Gasteiger partial charge in [-0.15, -0.1) is 0 Å². The highest BCUT2D eigenvalue weighted by molar-refractivity contribution is 7.99. The Morgan fingerprint density at radius 3 is 2.84 bits per heavy atom. The fourth-order valence-electron chi connectivity index (χ4n) is 2.44. The molecule has 9 heteroatoms. The number of alkyl halides is 3. The first-order chi connectivity index (χ1) is 11.7. The number of nitrogens with zero attached hydrogens (tertiary/aromatic N) is 3. The molecule has 1 aliphatic heterocycles. The van der Waals surface area contributed by atoms with Gasteiger partial charge in [-0.2, -0.15) is 35.2 Å². The molecule has 1 aromatic carbocycles. The summed E-state index contributed by atoms with van der Waals surface area (Å²) in [6.07, 6.45) is -4.25. The number of halogens is 3. The molecule has 0 saturated heterocycles. The molecular weight excluding hydrogens is 353 g/mol. The van der Waals surface area contributed by atoms with Crippen molar-refractivity contribution in [3.05, 3.63) is 35.2 Å². The van der Waals surface area contributed by atoms with Gasteiger partial charge in [-0.25, -0.2) is 4.85 Å². The Balaban J connectivity index is 2.14. The van der Waals surface area contributed by atoms with Crippen molar-refractivity contribution >= 4 is 29.0 Å². The minimum Gasteiger partial charge on any atom is -0.324 e. The molecule has 0 fully saturated rings. The van der Waals surface area contributed by atoms with Gasteiger partial charge in [-0.3, -0.25) is 4.79 Å². The van der Waals surface area contributed by atoms with Gasteiger partial charge >= 0.3 is 6.18 Å². The van der Waals surface area contributed by atoms with Crippen LogP contribution in [0, 0.1) is 6.57 Å². The van der Waals surface area contributed by atoms with Gasteiger partial charge in [-0.05, 0) is 24.8 Å². The van der Waals surface area contributed by atoms with Crippen LogP contribution in [0.5, 0.6) is 0 Å². The van der Waals surface area contributed by atoms with Crippen LogP contribution in [0.4, 0.5) is 24.5 Å². The second-order valence-corrected chi connectivity index (χ2v) is 7.12. The molecule has 0 aliphatic carbocycles. The van der Waals surface area contributed by atoms with Crippen LogP contribution in [0.1, 0.15) is 25.8 Å². The van der Waals surface area contributed by atoms with Gasteiger partial charge < -0.3 is 5.32 Å². The SMILES string of the molecule is [C-]#[N+]c1ccc(NC(=O)C2(C)CC(CSCC)N=N2)cc1C(F)(F)F. The molecule has 1 amide bonds. The maximum atomic E-state index is 13.0. The van der Waals surface area contributed by atoms with E-state index in [0.29, 0.717) is 6.42 Å². The fraction of sp³-hybridized carbons (Fsp3) is 0.500. The van der Waals surface area contributed by atoms with Gasteiger partial charge in [0.15, 0.2) is 11.2 Å². The molecule has 1 heterocycles. The van der Waals surface area contributed by atoms with Crippen LogP contribution in [-0.2, 0) is 11.0 Å². The fourth-order valence-corrected chi connectivity index (χ4v) is 3.13. The lowest BCUT2D eigenvalue weighted by molar-refractivity contribution is -0.136. The van der Waals surface area contributed by atoms with Crippen LogP contribution in [-0.4, -0.2) is 29.0 Å². The maximum absolute atomic E-state index is 13.0. The number of thioether (sulfide) groups is 1. The minimum atomic E-state index is -4.67. The van der Waals surface area contributed by atoms with E-state index in [2.05, 4.69) is 20.4 Å². The number of benzene rings is 1. The van der Waals surface area contributed by atoms with E-state index in [9.17, 15) is 18.0 Å². The van der Waals surface area contributed by atoms with Crippen molar-refractivity contribution in [1.29, 1.82) is 0 Å². The summed E-state index contributed by atoms with van der Waals surface area (Å²) in [7, 11) is 0. The zero-order valence-electron chi connectivity index (χ0n) is 13.7. The van der Waals surface area contributed by atoms with Crippen molar-refractivity contribution in [2.75, 3.05) is 16.8 Å². The average Bonchev–Trinajstić information content (AvgIpc) is 2.95. The summed E-state index contributed by atoms with van der Waals surface area (Å²) in [4.78, 5) is 15.3. The third-order valence-corrected chi connectivity index (χ3v) is 4.79. The predicted octanol–water partition coefficient (Wildman–Crippen LogP) is 4.93. The maximum Gasteiger partial charge on any atom is 0.407 e. The molecule has 25 heavy (non-hydrogen) atoms. The third-order valence-electron chi connectivity index (χ3n) is 3.76. The lowest BCUT2D eigenvalue weighted by atomic mass is 9.95. The van der Waals surface area contributed by atoms with Gasteiger partial charge in [0.25, 0.3) is 5.91 Å². The number of carbonyl (C=O) groups excluding carboxylic acids is 1. The van der Waals surface area contributed by atoms with Crippen LogP contribution in [0.25, 0.3) is 4.85 Å². The molecule has 1 aliphatic rings. The molecule has 0 aromatic heterocycles. The average molecular weight is 370 g/mol. The first-order valence-electron chi connectivity index (χ1n) is 7.59. The van der Waals surface area contributed by atoms with Crippen molar-refractivity contribution in [1.82, 2.24) is 0 Å². The molecular formula is C16H17F3N4OS. The highest BCUT2D eigenvalue weighted by Crippen LogP contribution is 2.38. The van der Waals surface area contributed by atoms with Crippen LogP contribution in [0.15, 0.2) is 28.4 Å². The number of hydrogen-bond donors (Lipinski definition) is 1. The lowest BCUT2D eigenvalue weighted by Crippen LogP contribution is -2.38. The zero-order chi connectivity index (χ0) is 18.7. The summed E-state index contributed by atoms with van der Waals surface area (Å²) in [5.41, 5.74) is -2.70. The monoisotopic (exact) mass is 370 g/mol. The van der Waals surface area contributed by atoms with E-state index < -0.39 is 28.9 Å². The molecule has 0 bridgehead atoms. The van der Waals surface area contributed by atoms with E-state index in [4.69, 9.17) is 6.57 Å². The quantitative estimate of drug-likeness (QED) is 0.747. The smallest absolute Gasteiger partial charge is 0.324 e. The second-order valence-electron chi connectivity index (χ2n) is 5.80. The van der Waals surface area contributed by atoms with Gasteiger partial charge in [0, 0.05) is 17.9 Å². The molecule has 2 atom stereocenters. The van der Waals surface area contributed by atoms with Crippen molar-refractivity contribution in [3.63, 3.8) is 0 Å². The zero-order valence-corrected chi connectivity index (χ0v) is 14.5. The predicted molar refractivity (Wildman–Crippen MR) is 91.0 cm³/mol. The second kappa shape index (κ2) is 7.44. The Morgan fingerprint density at radius 2 is 2.24 bits per heavy atom. The summed E-state index contributed by atoms with van der Waals surface area (Å²) in [6.45, 7) is 10.5. The molecule has 134 valence electrons. The van der Waals surface area contributed by atoms with E-state index in [1.54, 1.807) is 18.7 Å². The van der Waals surface area contributed by atoms with E-state index in [-0.39, 0.29) is 11.7 Å². The van der Waals surface area contributed by atoms with Crippen LogP contribution >= 0.6 is 11.8 Å². The Hall–Kier alpha value is -2.08. The Bertz CT molecular complexity index is 729. The molecule has 0 saturated carbocycles. The van der Waals surface area contributed by atoms with Crippen molar-refractivity contribution < 1.29 is 18.0 Å². The summed E-state index contributed by atoms with van der Waals surface area (Å²) in [5.74, 6) is 1.17. The summed E-state index contributed by atoms with van der Waals surface area (Å²) < 4.78 is 39.0. The molecule has 0 radical (unpaired) electrons. The van der Waals surface area contributed by atoms with E-state index >= 15 is 0 Å². The topological polar surface area (TPSA) is 58.2 Å². The first kappa shape index (κ1) is 19.2. The number of azo groups is 1. The summed E-state index contributed by atoms with van der Waals surface area (Å²) in [5, 5.41) is 10.6. The summed E-state index contributed by atoms with van der Waals surface area (Å²) >= 11 is 1.69. The molecule has 2 unspecified atom stereocenters. The summed E-state index contributed by atoms with van der Waals surface area (Å²) in [6, 6.07) is 3.02. The number of anilines is 1. The number of carbonyl (C=O) groups is 1. The number of hydrogen-bond acceptors (Lipinski definition) is 4. The van der Waals surface area contributed by atoms with Gasteiger partial charge in [-0.1, -0.05) is 13.0 Å². The number of nitrogens with one attached hydrogen (secondary N) is 1. The molecule has 0 spiro atoms. The Labute approximate surface area is 147 Å². The minimum absolute atomic E-state index is 0.0208. The van der Waals surface area contributed by atoms with Crippen LogP contribution in [0.2, 0.25) is 0 Å². The lowest BCUT2D eigenvalue weighted by Gasteiger charge is -2.20. The molecule has 5 nitrogen and oxygen atoms in total. The van der Waals surface area contributed by atoms with E-state index in [1.165, 1.54) is 6.07 Å². The van der Waals surface area contributed by atoms with E-state index in [0.717, 1.165) is 23.6 Å². The van der Waals surface area contributed by atoms with Crippen molar-refractivity contribution in [2.24, 2.45) is 10.2 Å². The van der Waals surface area contributed by atoms with Crippen molar-refractivity contribution in [2.45, 2.75) is 38.0 Å². The molecule has 1 aromatic rings. The Morgan fingerprint density at radius 1 is 1.52 bits per heavy atom. The van der Waals surface area contributed by atoms with Crippen LogP contribution < -0.4 is 5.32 Å². The van der Waals surface area contributed by atoms with Crippen molar-refractivity contribution in [3.8, 4) is 0 Å². The van der Waals surface area contributed by atoms with Gasteiger partial charge in [0.2, 0.25) is 0 Å². The third kappa shape index (κ3) is 4.51. The normalized spacial score (nSPS) is 22.6. The van der Waals surface area contributed by atoms with Gasteiger partial charge in [0.05, 0.1) is 18.2 Å². The largest absolute Gasteiger partial charge is 0.407 e. The number of amides is 1. The standard InChI is InChI=1S/C16H17F3N4OS/c1-4-25-9-11-8-15(2,23-22-11)14(24)21-10-5-6-13(20-3)12(7-10)16(17,18)19/h5-7,11H,4,8-9H2,1-2H3,(H,21,24). The van der Waals surface area contributed by atoms with E-state index in [1.807, 2.05) is 6.92 Å². The first-order valence-corrected chi connectivity index (χ1v) is 8.75. The highest BCUT2D eigenvalue weighted by Gasteiger charge is 2.41. The molecule has 1 N–H and O–H groups in total. The molecule has 2 rings (SSSR count). The highest BCUT2D eigenvalue weighted by atomic mass is 32.2. The Kier molecular flexibility index (Phi) is 5.72.